The Balaban J connectivity index is 1.42. The number of carbonyl (C=O) groups is 1. The summed E-state index contributed by atoms with van der Waals surface area (Å²) in [5.74, 6) is -0.677. The first-order chi connectivity index (χ1) is 14.9. The number of hydrogen-bond donors (Lipinski definition) is 1. The van der Waals surface area contributed by atoms with Crippen LogP contribution in [0, 0.1) is 0 Å². The zero-order valence-electron chi connectivity index (χ0n) is 16.2. The van der Waals surface area contributed by atoms with Gasteiger partial charge in [-0.25, -0.2) is 10.1 Å². The zero-order valence-corrected chi connectivity index (χ0v) is 16.2. The van der Waals surface area contributed by atoms with E-state index in [1.807, 2.05) is 30.3 Å². The molecule has 10 heteroatoms. The minimum absolute atomic E-state index is 0.0626. The molecule has 2 aromatic carbocycles. The van der Waals surface area contributed by atoms with Crippen molar-refractivity contribution >= 4 is 18.2 Å². The van der Waals surface area contributed by atoms with Gasteiger partial charge in [-0.3, -0.25) is 4.79 Å². The quantitative estimate of drug-likeness (QED) is 0.439. The number of aromatic nitrogens is 3. The molecule has 0 radical (unpaired) electrons. The number of halogens is 3. The van der Waals surface area contributed by atoms with Crippen LogP contribution in [0.2, 0.25) is 0 Å². The SMILES string of the molecule is O=C(COc1cccc(C(F)(F)F)c1)N/N=C/C=C/c1cn(Cc2ccccc2)nn1. The standard InChI is InChI=1S/C21H18F3N5O2/c22-21(23,24)17-8-4-10-19(12-17)31-15-20(30)27-25-11-5-9-18-14-29(28-26-18)13-16-6-2-1-3-7-16/h1-12,14H,13,15H2,(H,27,30)/b9-5+,25-11+. The number of hydrogen-bond acceptors (Lipinski definition) is 5. The van der Waals surface area contributed by atoms with Crippen molar-refractivity contribution in [2.75, 3.05) is 6.61 Å². The van der Waals surface area contributed by atoms with Crippen molar-refractivity contribution in [3.05, 3.63) is 83.7 Å². The Morgan fingerprint density at radius 3 is 2.74 bits per heavy atom. The summed E-state index contributed by atoms with van der Waals surface area (Å²) in [4.78, 5) is 11.7. The van der Waals surface area contributed by atoms with Gasteiger partial charge in [-0.15, -0.1) is 5.10 Å². The first kappa shape index (κ1) is 21.8. The zero-order chi connectivity index (χ0) is 22.1. The number of nitrogens with one attached hydrogen (secondary N) is 1. The van der Waals surface area contributed by atoms with Crippen LogP contribution in [0.25, 0.3) is 6.08 Å². The second-order valence-corrected chi connectivity index (χ2v) is 6.31. The van der Waals surface area contributed by atoms with Crippen molar-refractivity contribution in [2.45, 2.75) is 12.7 Å². The highest BCUT2D eigenvalue weighted by Crippen LogP contribution is 2.31. The molecule has 1 amide bonds. The van der Waals surface area contributed by atoms with Gasteiger partial charge in [-0.1, -0.05) is 41.6 Å². The Bertz CT molecular complexity index is 1060. The molecule has 0 spiro atoms. The monoisotopic (exact) mass is 429 g/mol. The molecule has 1 N–H and O–H groups in total. The smallest absolute Gasteiger partial charge is 0.416 e. The van der Waals surface area contributed by atoms with Crippen LogP contribution in [0.3, 0.4) is 0 Å². The van der Waals surface area contributed by atoms with Crippen LogP contribution in [0.1, 0.15) is 16.8 Å². The van der Waals surface area contributed by atoms with Crippen molar-refractivity contribution in [2.24, 2.45) is 5.10 Å². The summed E-state index contributed by atoms with van der Waals surface area (Å²) in [6, 6.07) is 14.1. The molecule has 0 unspecified atom stereocenters. The first-order valence-corrected chi connectivity index (χ1v) is 9.13. The molecule has 3 rings (SSSR count). The summed E-state index contributed by atoms with van der Waals surface area (Å²) in [7, 11) is 0. The van der Waals surface area contributed by atoms with Crippen LogP contribution < -0.4 is 10.2 Å². The molecule has 0 aliphatic rings. The highest BCUT2D eigenvalue weighted by molar-refractivity contribution is 5.81. The average molecular weight is 429 g/mol. The molecule has 0 saturated carbocycles. The number of ether oxygens (including phenoxy) is 1. The molecule has 0 fully saturated rings. The van der Waals surface area contributed by atoms with E-state index < -0.39 is 24.3 Å². The molecule has 31 heavy (non-hydrogen) atoms. The molecule has 3 aromatic rings. The van der Waals surface area contributed by atoms with Gasteiger partial charge in [-0.2, -0.15) is 18.3 Å². The Kier molecular flexibility index (Phi) is 7.15. The minimum Gasteiger partial charge on any atom is -0.484 e. The number of carbonyl (C=O) groups excluding carboxylic acids is 1. The fourth-order valence-electron chi connectivity index (χ4n) is 2.47. The van der Waals surface area contributed by atoms with Gasteiger partial charge in [0.25, 0.3) is 5.91 Å². The van der Waals surface area contributed by atoms with E-state index in [4.69, 9.17) is 4.74 Å². The number of nitrogens with zero attached hydrogens (tertiary/aromatic N) is 4. The van der Waals surface area contributed by atoms with Gasteiger partial charge >= 0.3 is 6.18 Å². The van der Waals surface area contributed by atoms with Crippen molar-refractivity contribution < 1.29 is 22.7 Å². The molecule has 160 valence electrons. The number of benzene rings is 2. The lowest BCUT2D eigenvalue weighted by Gasteiger charge is -2.09. The molecule has 0 aliphatic heterocycles. The van der Waals surface area contributed by atoms with Gasteiger partial charge in [0.1, 0.15) is 11.4 Å². The third kappa shape index (κ3) is 7.11. The predicted octanol–water partition coefficient (Wildman–Crippen LogP) is 3.54. The molecular weight excluding hydrogens is 411 g/mol. The van der Waals surface area contributed by atoms with E-state index >= 15 is 0 Å². The van der Waals surface area contributed by atoms with Gasteiger partial charge in [-0.05, 0) is 35.9 Å². The third-order valence-electron chi connectivity index (χ3n) is 3.89. The summed E-state index contributed by atoms with van der Waals surface area (Å²) >= 11 is 0. The summed E-state index contributed by atoms with van der Waals surface area (Å²) in [6.45, 7) is 0.119. The maximum Gasteiger partial charge on any atom is 0.416 e. The second-order valence-electron chi connectivity index (χ2n) is 6.31. The second kappa shape index (κ2) is 10.2. The number of alkyl halides is 3. The average Bonchev–Trinajstić information content (AvgIpc) is 3.19. The van der Waals surface area contributed by atoms with Gasteiger partial charge in [0.05, 0.1) is 18.3 Å². The highest BCUT2D eigenvalue weighted by atomic mass is 19.4. The van der Waals surface area contributed by atoms with Gasteiger partial charge < -0.3 is 4.74 Å². The maximum atomic E-state index is 12.7. The van der Waals surface area contributed by atoms with Crippen molar-refractivity contribution in [1.29, 1.82) is 0 Å². The molecule has 1 heterocycles. The van der Waals surface area contributed by atoms with Crippen molar-refractivity contribution in [1.82, 2.24) is 20.4 Å². The van der Waals surface area contributed by atoms with Gasteiger partial charge in [0.15, 0.2) is 6.61 Å². The van der Waals surface area contributed by atoms with Gasteiger partial charge in [0.2, 0.25) is 0 Å². The summed E-state index contributed by atoms with van der Waals surface area (Å²) < 4.78 is 44.7. The predicted molar refractivity (Wildman–Crippen MR) is 108 cm³/mol. The number of hydrazone groups is 1. The van der Waals surface area contributed by atoms with E-state index in [9.17, 15) is 18.0 Å². The summed E-state index contributed by atoms with van der Waals surface area (Å²) in [5, 5.41) is 11.7. The van der Waals surface area contributed by atoms with E-state index in [0.717, 1.165) is 17.7 Å². The van der Waals surface area contributed by atoms with Crippen LogP contribution in [0.15, 0.2) is 72.0 Å². The Labute approximate surface area is 175 Å². The van der Waals surface area contributed by atoms with Crippen LogP contribution in [0.5, 0.6) is 5.75 Å². The lowest BCUT2D eigenvalue weighted by molar-refractivity contribution is -0.137. The van der Waals surface area contributed by atoms with E-state index in [-0.39, 0.29) is 5.75 Å². The first-order valence-electron chi connectivity index (χ1n) is 9.13. The fraction of sp³-hybridized carbons (Fsp3) is 0.143. The molecule has 7 nitrogen and oxygen atoms in total. The molecule has 0 aliphatic carbocycles. The highest BCUT2D eigenvalue weighted by Gasteiger charge is 2.30. The van der Waals surface area contributed by atoms with Crippen molar-refractivity contribution in [3.63, 3.8) is 0 Å². The van der Waals surface area contributed by atoms with Crippen LogP contribution in [0.4, 0.5) is 13.2 Å². The fourth-order valence-corrected chi connectivity index (χ4v) is 2.47. The molecular formula is C21H18F3N5O2. The van der Waals surface area contributed by atoms with E-state index in [2.05, 4.69) is 20.8 Å². The lowest BCUT2D eigenvalue weighted by atomic mass is 10.2. The Morgan fingerprint density at radius 2 is 1.97 bits per heavy atom. The van der Waals surface area contributed by atoms with E-state index in [1.54, 1.807) is 23.0 Å². The molecule has 0 atom stereocenters. The van der Waals surface area contributed by atoms with Gasteiger partial charge in [0, 0.05) is 6.21 Å². The van der Waals surface area contributed by atoms with E-state index in [1.165, 1.54) is 18.3 Å². The third-order valence-corrected chi connectivity index (χ3v) is 3.89. The number of allylic oxidation sites excluding steroid dienone is 1. The molecule has 0 saturated heterocycles. The van der Waals surface area contributed by atoms with Crippen LogP contribution in [-0.4, -0.2) is 33.7 Å². The topological polar surface area (TPSA) is 81.4 Å². The van der Waals surface area contributed by atoms with Crippen molar-refractivity contribution in [3.8, 4) is 5.75 Å². The molecule has 0 bridgehead atoms. The Hall–Kier alpha value is -3.95. The Morgan fingerprint density at radius 1 is 1.16 bits per heavy atom. The maximum absolute atomic E-state index is 12.7. The summed E-state index contributed by atoms with van der Waals surface area (Å²) in [5.41, 5.74) is 3.07. The van der Waals surface area contributed by atoms with E-state index in [0.29, 0.717) is 12.2 Å². The minimum atomic E-state index is -4.48. The lowest BCUT2D eigenvalue weighted by Crippen LogP contribution is -2.24. The normalized spacial score (nSPS) is 11.8. The summed E-state index contributed by atoms with van der Waals surface area (Å²) in [6.07, 6.45) is 1.83. The molecule has 1 aromatic heterocycles. The van der Waals surface area contributed by atoms with Crippen LogP contribution in [-0.2, 0) is 17.5 Å². The number of amides is 1. The largest absolute Gasteiger partial charge is 0.484 e. The number of rotatable bonds is 8. The van der Waals surface area contributed by atoms with Crippen LogP contribution >= 0.6 is 0 Å².